The number of hydrogen-bond donors (Lipinski definition) is 1. The van der Waals surface area contributed by atoms with Crippen LogP contribution in [-0.4, -0.2) is 30.2 Å². The number of aliphatic hydroxyl groups is 1. The number of anilines is 1. The van der Waals surface area contributed by atoms with E-state index in [0.29, 0.717) is 46.6 Å². The second-order valence-corrected chi connectivity index (χ2v) is 11.8. The van der Waals surface area contributed by atoms with Gasteiger partial charge < -0.3 is 19.3 Å². The summed E-state index contributed by atoms with van der Waals surface area (Å²) in [6, 6.07) is 17.4. The van der Waals surface area contributed by atoms with Crippen molar-refractivity contribution in [1.82, 2.24) is 0 Å². The van der Waals surface area contributed by atoms with Gasteiger partial charge in [-0.15, -0.1) is 0 Å². The summed E-state index contributed by atoms with van der Waals surface area (Å²) in [5.74, 6) is 0.432. The number of aliphatic hydroxyl groups excluding tert-OH is 1. The molecule has 7 heteroatoms. The first kappa shape index (κ1) is 27.3. The summed E-state index contributed by atoms with van der Waals surface area (Å²) in [5, 5.41) is 11.6. The van der Waals surface area contributed by atoms with Gasteiger partial charge in [-0.2, -0.15) is 0 Å². The second kappa shape index (κ2) is 10.4. The Morgan fingerprint density at radius 3 is 2.35 bits per heavy atom. The quantitative estimate of drug-likeness (QED) is 0.213. The van der Waals surface area contributed by atoms with Crippen LogP contribution in [0.25, 0.3) is 5.76 Å². The van der Waals surface area contributed by atoms with Crippen molar-refractivity contribution in [2.24, 2.45) is 5.92 Å². The highest BCUT2D eigenvalue weighted by molar-refractivity contribution is 6.51. The lowest BCUT2D eigenvalue weighted by atomic mass is 9.85. The molecule has 0 spiro atoms. The minimum Gasteiger partial charge on any atom is -0.507 e. The van der Waals surface area contributed by atoms with Gasteiger partial charge in [-0.3, -0.25) is 14.5 Å². The van der Waals surface area contributed by atoms with E-state index in [1.54, 1.807) is 36.4 Å². The van der Waals surface area contributed by atoms with E-state index in [1.807, 2.05) is 31.2 Å². The molecule has 2 aliphatic rings. The molecule has 7 nitrogen and oxygen atoms in total. The lowest BCUT2D eigenvalue weighted by Gasteiger charge is -2.27. The van der Waals surface area contributed by atoms with Gasteiger partial charge in [-0.05, 0) is 65.3 Å². The number of nitrogens with zero attached hydrogens (tertiary/aromatic N) is 1. The number of ether oxygens (including phenoxy) is 3. The molecule has 2 aliphatic heterocycles. The summed E-state index contributed by atoms with van der Waals surface area (Å²) in [6.45, 7) is 13.1. The van der Waals surface area contributed by atoms with Crippen molar-refractivity contribution in [2.45, 2.75) is 53.0 Å². The van der Waals surface area contributed by atoms with Crippen LogP contribution < -0.4 is 19.1 Å². The highest BCUT2D eigenvalue weighted by Gasteiger charge is 2.47. The zero-order valence-corrected chi connectivity index (χ0v) is 23.8. The smallest absolute Gasteiger partial charge is 0.300 e. The standard InChI is InChI=1S/C33H35NO6/c1-19(2)17-38-25-13-9-22(15-20(25)3)30(35)28-29(21-7-10-23(11-8-21)33(4,5)6)34(32(37)31(28)36)24-12-14-26-27(16-24)40-18-39-26/h7-16,19,29,35H,17-18H2,1-6H3/b30-28+. The first-order valence-corrected chi connectivity index (χ1v) is 13.5. The molecule has 2 heterocycles. The van der Waals surface area contributed by atoms with Crippen molar-refractivity contribution >= 4 is 23.1 Å². The molecule has 0 bridgehead atoms. The van der Waals surface area contributed by atoms with Crippen LogP contribution in [0.3, 0.4) is 0 Å². The number of hydrogen-bond acceptors (Lipinski definition) is 6. The molecule has 1 N–H and O–H groups in total. The van der Waals surface area contributed by atoms with Crippen molar-refractivity contribution in [3.63, 3.8) is 0 Å². The summed E-state index contributed by atoms with van der Waals surface area (Å²) in [7, 11) is 0. The molecular weight excluding hydrogens is 506 g/mol. The van der Waals surface area contributed by atoms with Crippen LogP contribution in [0.4, 0.5) is 5.69 Å². The maximum absolute atomic E-state index is 13.6. The number of carbonyl (C=O) groups excluding carboxylic acids is 2. The van der Waals surface area contributed by atoms with E-state index in [-0.39, 0.29) is 23.5 Å². The van der Waals surface area contributed by atoms with Gasteiger partial charge in [0.05, 0.1) is 18.2 Å². The zero-order valence-electron chi connectivity index (χ0n) is 23.8. The summed E-state index contributed by atoms with van der Waals surface area (Å²) < 4.78 is 16.9. The Balaban J connectivity index is 1.63. The van der Waals surface area contributed by atoms with Crippen LogP contribution in [-0.2, 0) is 15.0 Å². The molecular formula is C33H35NO6. The van der Waals surface area contributed by atoms with E-state index in [2.05, 4.69) is 34.6 Å². The van der Waals surface area contributed by atoms with E-state index in [4.69, 9.17) is 14.2 Å². The second-order valence-electron chi connectivity index (χ2n) is 11.8. The van der Waals surface area contributed by atoms with Crippen molar-refractivity contribution in [1.29, 1.82) is 0 Å². The SMILES string of the molecule is Cc1cc(/C(O)=C2\C(=O)C(=O)N(c3ccc4c(c3)OCO4)C2c2ccc(C(C)(C)C)cc2)ccc1OCC(C)C. The first-order valence-electron chi connectivity index (χ1n) is 13.5. The number of fused-ring (bicyclic) bond motifs is 1. The Kier molecular flexibility index (Phi) is 7.08. The number of rotatable bonds is 6. The van der Waals surface area contributed by atoms with Crippen molar-refractivity contribution in [3.8, 4) is 17.2 Å². The fourth-order valence-corrected chi connectivity index (χ4v) is 4.99. The lowest BCUT2D eigenvalue weighted by molar-refractivity contribution is -0.132. The third kappa shape index (κ3) is 5.04. The minimum atomic E-state index is -0.841. The molecule has 1 unspecified atom stereocenters. The maximum atomic E-state index is 13.6. The molecule has 0 aliphatic carbocycles. The van der Waals surface area contributed by atoms with Crippen LogP contribution in [0.2, 0.25) is 0 Å². The molecule has 40 heavy (non-hydrogen) atoms. The average molecular weight is 542 g/mol. The first-order chi connectivity index (χ1) is 19.0. The van der Waals surface area contributed by atoms with Gasteiger partial charge in [-0.25, -0.2) is 0 Å². The highest BCUT2D eigenvalue weighted by Crippen LogP contribution is 2.45. The topological polar surface area (TPSA) is 85.3 Å². The number of carbonyl (C=O) groups is 2. The van der Waals surface area contributed by atoms with Gasteiger partial charge in [0.15, 0.2) is 11.5 Å². The van der Waals surface area contributed by atoms with E-state index in [1.165, 1.54) is 4.90 Å². The predicted octanol–water partition coefficient (Wildman–Crippen LogP) is 6.68. The van der Waals surface area contributed by atoms with Crippen molar-refractivity contribution in [2.75, 3.05) is 18.3 Å². The van der Waals surface area contributed by atoms with E-state index in [9.17, 15) is 14.7 Å². The largest absolute Gasteiger partial charge is 0.507 e. The van der Waals surface area contributed by atoms with Crippen LogP contribution in [0.1, 0.15) is 62.9 Å². The van der Waals surface area contributed by atoms with Gasteiger partial charge in [-0.1, -0.05) is 58.9 Å². The normalized spacial score (nSPS) is 18.1. The van der Waals surface area contributed by atoms with Crippen LogP contribution in [0.5, 0.6) is 17.2 Å². The molecule has 1 fully saturated rings. The summed E-state index contributed by atoms with van der Waals surface area (Å²) >= 11 is 0. The van der Waals surface area contributed by atoms with E-state index < -0.39 is 17.7 Å². The average Bonchev–Trinajstić information content (AvgIpc) is 3.48. The zero-order chi connectivity index (χ0) is 28.8. The predicted molar refractivity (Wildman–Crippen MR) is 154 cm³/mol. The number of aryl methyl sites for hydroxylation is 1. The van der Waals surface area contributed by atoms with Crippen LogP contribution >= 0.6 is 0 Å². The maximum Gasteiger partial charge on any atom is 0.300 e. The molecule has 0 aromatic heterocycles. The molecule has 3 aromatic rings. The Bertz CT molecular complexity index is 1500. The van der Waals surface area contributed by atoms with Crippen molar-refractivity contribution in [3.05, 3.63) is 88.5 Å². The summed E-state index contributed by atoms with van der Waals surface area (Å²) in [5.41, 5.74) is 3.51. The lowest BCUT2D eigenvalue weighted by Crippen LogP contribution is -2.29. The Morgan fingerprint density at radius 2 is 1.70 bits per heavy atom. The van der Waals surface area contributed by atoms with E-state index in [0.717, 1.165) is 11.1 Å². The Hall–Kier alpha value is -4.26. The molecule has 1 amide bonds. The minimum absolute atomic E-state index is 0.0291. The third-order valence-corrected chi connectivity index (χ3v) is 7.19. The van der Waals surface area contributed by atoms with Gasteiger partial charge >= 0.3 is 0 Å². The number of ketones is 1. The van der Waals surface area contributed by atoms with Gasteiger partial charge in [0.25, 0.3) is 11.7 Å². The molecule has 208 valence electrons. The molecule has 3 aromatic carbocycles. The summed E-state index contributed by atoms with van der Waals surface area (Å²) in [6.07, 6.45) is 0. The van der Waals surface area contributed by atoms with Crippen molar-refractivity contribution < 1.29 is 28.9 Å². The van der Waals surface area contributed by atoms with Gasteiger partial charge in [0, 0.05) is 17.3 Å². The highest BCUT2D eigenvalue weighted by atomic mass is 16.7. The number of benzene rings is 3. The fraction of sp³-hybridized carbons (Fsp3) is 0.333. The fourth-order valence-electron chi connectivity index (χ4n) is 4.99. The number of amides is 1. The third-order valence-electron chi connectivity index (χ3n) is 7.19. The molecule has 5 rings (SSSR count). The Morgan fingerprint density at radius 1 is 1.00 bits per heavy atom. The van der Waals surface area contributed by atoms with Crippen LogP contribution in [0, 0.1) is 12.8 Å². The molecule has 1 atom stereocenters. The van der Waals surface area contributed by atoms with Crippen LogP contribution in [0.15, 0.2) is 66.2 Å². The van der Waals surface area contributed by atoms with E-state index >= 15 is 0 Å². The van der Waals surface area contributed by atoms with Gasteiger partial charge in [0.1, 0.15) is 11.5 Å². The summed E-state index contributed by atoms with van der Waals surface area (Å²) in [4.78, 5) is 28.6. The number of Topliss-reactive ketones (excluding diaryl/α,β-unsaturated/α-hetero) is 1. The van der Waals surface area contributed by atoms with Gasteiger partial charge in [0.2, 0.25) is 6.79 Å². The molecule has 1 saturated heterocycles. The molecule has 0 radical (unpaired) electrons. The molecule has 0 saturated carbocycles. The monoisotopic (exact) mass is 541 g/mol. The Labute approximate surface area is 235 Å².